The SMILES string of the molecule is C=CCCl.c1ccc2ncccc2c1. The molecule has 14 heavy (non-hydrogen) atoms. The van der Waals surface area contributed by atoms with E-state index in [1.54, 1.807) is 6.08 Å². The average Bonchev–Trinajstić information content (AvgIpc) is 2.30. The Bertz CT molecular complexity index is 333. The van der Waals surface area contributed by atoms with Gasteiger partial charge in [0.1, 0.15) is 0 Å². The second-order valence-corrected chi connectivity index (χ2v) is 2.95. The number of hydrogen-bond acceptors (Lipinski definition) is 1. The van der Waals surface area contributed by atoms with Gasteiger partial charge in [-0.3, -0.25) is 4.98 Å². The molecule has 2 heteroatoms. The first-order valence-electron chi connectivity index (χ1n) is 4.35. The number of rotatable bonds is 1. The van der Waals surface area contributed by atoms with Gasteiger partial charge in [0.25, 0.3) is 0 Å². The van der Waals surface area contributed by atoms with Crippen molar-refractivity contribution in [2.45, 2.75) is 0 Å². The Hall–Kier alpha value is -1.34. The van der Waals surface area contributed by atoms with E-state index in [9.17, 15) is 0 Å². The number of halogens is 1. The highest BCUT2D eigenvalue weighted by Gasteiger charge is 1.86. The van der Waals surface area contributed by atoms with Crippen molar-refractivity contribution in [3.8, 4) is 0 Å². The molecule has 2 rings (SSSR count). The molecule has 1 heterocycles. The summed E-state index contributed by atoms with van der Waals surface area (Å²) in [4.78, 5) is 4.18. The number of pyridine rings is 1. The van der Waals surface area contributed by atoms with Crippen molar-refractivity contribution in [3.05, 3.63) is 55.3 Å². The van der Waals surface area contributed by atoms with Crippen LogP contribution in [0.4, 0.5) is 0 Å². The van der Waals surface area contributed by atoms with E-state index in [-0.39, 0.29) is 0 Å². The molecule has 0 aliphatic heterocycles. The normalized spacial score (nSPS) is 8.93. The number of allylic oxidation sites excluding steroid dienone is 1. The van der Waals surface area contributed by atoms with Crippen molar-refractivity contribution >= 4 is 22.5 Å². The fraction of sp³-hybridized carbons (Fsp3) is 0.0833. The molecule has 1 nitrogen and oxygen atoms in total. The molecule has 0 spiro atoms. The maximum absolute atomic E-state index is 5.07. The molecule has 1 aromatic carbocycles. The van der Waals surface area contributed by atoms with Gasteiger partial charge in [0.2, 0.25) is 0 Å². The van der Waals surface area contributed by atoms with Gasteiger partial charge in [-0.1, -0.05) is 30.3 Å². The van der Waals surface area contributed by atoms with Crippen LogP contribution in [0.1, 0.15) is 0 Å². The minimum atomic E-state index is 0.556. The number of aromatic nitrogens is 1. The third kappa shape index (κ3) is 3.19. The van der Waals surface area contributed by atoms with Gasteiger partial charge in [-0.05, 0) is 12.1 Å². The van der Waals surface area contributed by atoms with Crippen molar-refractivity contribution < 1.29 is 0 Å². The number of benzene rings is 1. The van der Waals surface area contributed by atoms with Crippen molar-refractivity contribution in [3.63, 3.8) is 0 Å². The van der Waals surface area contributed by atoms with E-state index < -0.39 is 0 Å². The molecule has 0 aliphatic rings. The number of hydrogen-bond donors (Lipinski definition) is 0. The molecule has 0 N–H and O–H groups in total. The summed E-state index contributed by atoms with van der Waals surface area (Å²) in [6.45, 7) is 3.35. The van der Waals surface area contributed by atoms with E-state index in [2.05, 4.69) is 23.7 Å². The van der Waals surface area contributed by atoms with Crippen LogP contribution in [0.2, 0.25) is 0 Å². The molecule has 1 aromatic heterocycles. The number of nitrogens with zero attached hydrogens (tertiary/aromatic N) is 1. The summed E-state index contributed by atoms with van der Waals surface area (Å²) in [5.74, 6) is 0.556. The van der Waals surface area contributed by atoms with E-state index in [1.807, 2.05) is 30.5 Å². The van der Waals surface area contributed by atoms with Gasteiger partial charge in [-0.15, -0.1) is 18.2 Å². The first kappa shape index (κ1) is 10.7. The molecule has 0 atom stereocenters. The third-order valence-electron chi connectivity index (χ3n) is 1.62. The van der Waals surface area contributed by atoms with Crippen LogP contribution in [0.25, 0.3) is 10.9 Å². The van der Waals surface area contributed by atoms with E-state index in [1.165, 1.54) is 5.39 Å². The van der Waals surface area contributed by atoms with Crippen LogP contribution >= 0.6 is 11.6 Å². The summed E-state index contributed by atoms with van der Waals surface area (Å²) in [7, 11) is 0. The van der Waals surface area contributed by atoms with Gasteiger partial charge in [0.15, 0.2) is 0 Å². The van der Waals surface area contributed by atoms with Crippen molar-refractivity contribution in [1.82, 2.24) is 4.98 Å². The first-order chi connectivity index (χ1) is 6.88. The highest BCUT2D eigenvalue weighted by atomic mass is 35.5. The average molecular weight is 206 g/mol. The predicted octanol–water partition coefficient (Wildman–Crippen LogP) is 3.65. The number of fused-ring (bicyclic) bond motifs is 1. The fourth-order valence-electron chi connectivity index (χ4n) is 1.02. The van der Waals surface area contributed by atoms with Gasteiger partial charge in [-0.2, -0.15) is 0 Å². The molecular weight excluding hydrogens is 194 g/mol. The van der Waals surface area contributed by atoms with Gasteiger partial charge in [-0.25, -0.2) is 0 Å². The molecule has 2 aromatic rings. The smallest absolute Gasteiger partial charge is 0.0701 e. The van der Waals surface area contributed by atoms with Crippen LogP contribution in [-0.4, -0.2) is 10.9 Å². The topological polar surface area (TPSA) is 12.9 Å². The van der Waals surface area contributed by atoms with Gasteiger partial charge in [0.05, 0.1) is 5.52 Å². The Morgan fingerprint density at radius 3 is 2.50 bits per heavy atom. The molecule has 0 unspecified atom stereocenters. The van der Waals surface area contributed by atoms with Crippen LogP contribution in [0, 0.1) is 0 Å². The Morgan fingerprint density at radius 1 is 1.21 bits per heavy atom. The Labute approximate surface area is 89.0 Å². The van der Waals surface area contributed by atoms with Crippen molar-refractivity contribution in [2.75, 3.05) is 5.88 Å². The summed E-state index contributed by atoms with van der Waals surface area (Å²) >= 11 is 5.07. The summed E-state index contributed by atoms with van der Waals surface area (Å²) in [6, 6.07) is 12.1. The lowest BCUT2D eigenvalue weighted by molar-refractivity contribution is 1.41. The quantitative estimate of drug-likeness (QED) is 0.512. The molecular formula is C12H12ClN. The first-order valence-corrected chi connectivity index (χ1v) is 4.88. The second kappa shape index (κ2) is 6.17. The molecule has 0 amide bonds. The fourth-order valence-corrected chi connectivity index (χ4v) is 1.02. The summed E-state index contributed by atoms with van der Waals surface area (Å²) in [5.41, 5.74) is 1.06. The standard InChI is InChI=1S/C9H7N.C3H5Cl/c1-2-6-9-8(4-1)5-3-7-10-9;1-2-3-4/h1-7H;2H,1,3H2. The second-order valence-electron chi connectivity index (χ2n) is 2.64. The van der Waals surface area contributed by atoms with Crippen LogP contribution in [0.3, 0.4) is 0 Å². The largest absolute Gasteiger partial charge is 0.256 e. The third-order valence-corrected chi connectivity index (χ3v) is 1.84. The van der Waals surface area contributed by atoms with Gasteiger partial charge >= 0.3 is 0 Å². The molecule has 0 saturated carbocycles. The molecule has 0 aliphatic carbocycles. The van der Waals surface area contributed by atoms with Gasteiger partial charge < -0.3 is 0 Å². The molecule has 0 saturated heterocycles. The Morgan fingerprint density at radius 2 is 1.86 bits per heavy atom. The van der Waals surface area contributed by atoms with Crippen LogP contribution < -0.4 is 0 Å². The zero-order valence-electron chi connectivity index (χ0n) is 7.86. The van der Waals surface area contributed by atoms with Crippen LogP contribution in [0.15, 0.2) is 55.3 Å². The predicted molar refractivity (Wildman–Crippen MR) is 62.7 cm³/mol. The molecule has 0 bridgehead atoms. The molecule has 0 fully saturated rings. The summed E-state index contributed by atoms with van der Waals surface area (Å²) < 4.78 is 0. The lowest BCUT2D eigenvalue weighted by atomic mass is 10.2. The lowest BCUT2D eigenvalue weighted by Crippen LogP contribution is -1.73. The molecule has 72 valence electrons. The van der Waals surface area contributed by atoms with Crippen LogP contribution in [0.5, 0.6) is 0 Å². The highest BCUT2D eigenvalue weighted by Crippen LogP contribution is 2.07. The summed E-state index contributed by atoms with van der Waals surface area (Å²) in [6.07, 6.45) is 3.45. The van der Waals surface area contributed by atoms with Gasteiger partial charge in [0, 0.05) is 17.5 Å². The van der Waals surface area contributed by atoms with E-state index >= 15 is 0 Å². The lowest BCUT2D eigenvalue weighted by Gasteiger charge is -1.91. The van der Waals surface area contributed by atoms with E-state index in [0.29, 0.717) is 5.88 Å². The summed E-state index contributed by atoms with van der Waals surface area (Å²) in [5, 5.41) is 1.20. The maximum atomic E-state index is 5.07. The number of para-hydroxylation sites is 1. The van der Waals surface area contributed by atoms with Crippen molar-refractivity contribution in [1.29, 1.82) is 0 Å². The monoisotopic (exact) mass is 205 g/mol. The molecule has 0 radical (unpaired) electrons. The zero-order chi connectivity index (χ0) is 10.2. The highest BCUT2D eigenvalue weighted by molar-refractivity contribution is 6.18. The Balaban J connectivity index is 0.000000213. The minimum Gasteiger partial charge on any atom is -0.256 e. The van der Waals surface area contributed by atoms with Crippen LogP contribution in [-0.2, 0) is 0 Å². The maximum Gasteiger partial charge on any atom is 0.0701 e. The van der Waals surface area contributed by atoms with Crippen molar-refractivity contribution in [2.24, 2.45) is 0 Å². The minimum absolute atomic E-state index is 0.556. The zero-order valence-corrected chi connectivity index (χ0v) is 8.61. The Kier molecular flexibility index (Phi) is 4.73. The van der Waals surface area contributed by atoms with E-state index in [4.69, 9.17) is 11.6 Å². The van der Waals surface area contributed by atoms with E-state index in [0.717, 1.165) is 5.52 Å². The number of alkyl halides is 1.